The molecule has 1 saturated heterocycles. The maximum atomic E-state index is 12.9. The number of carbonyl (C=O) groups excluding carboxylic acids is 1. The zero-order chi connectivity index (χ0) is 21.3. The van der Waals surface area contributed by atoms with Gasteiger partial charge in [0.2, 0.25) is 10.0 Å². The van der Waals surface area contributed by atoms with Crippen molar-refractivity contribution in [2.45, 2.75) is 37.1 Å². The number of nitrogens with zero attached hydrogens (tertiary/aromatic N) is 2. The minimum atomic E-state index is -3.56. The van der Waals surface area contributed by atoms with Crippen LogP contribution >= 0.6 is 11.3 Å². The van der Waals surface area contributed by atoms with Gasteiger partial charge in [0.05, 0.1) is 16.7 Å². The number of fused-ring (bicyclic) bond motifs is 1. The molecule has 7 nitrogen and oxygen atoms in total. The molecule has 0 spiro atoms. The van der Waals surface area contributed by atoms with Gasteiger partial charge in [-0.05, 0) is 56.2 Å². The number of rotatable bonds is 5. The molecule has 1 aliphatic rings. The Hall–Kier alpha value is -2.49. The molecule has 4 rings (SSSR count). The van der Waals surface area contributed by atoms with Crippen LogP contribution in [0.5, 0.6) is 5.75 Å². The Morgan fingerprint density at radius 3 is 2.67 bits per heavy atom. The van der Waals surface area contributed by atoms with Crippen molar-refractivity contribution in [3.63, 3.8) is 0 Å². The predicted octanol–water partition coefficient (Wildman–Crippen LogP) is 4.12. The minimum absolute atomic E-state index is 0.0113. The Balaban J connectivity index is 1.52. The number of benzene rings is 2. The molecule has 1 aliphatic heterocycles. The first kappa shape index (κ1) is 20.8. The van der Waals surface area contributed by atoms with Gasteiger partial charge < -0.3 is 4.74 Å². The van der Waals surface area contributed by atoms with Crippen LogP contribution in [-0.2, 0) is 10.0 Å². The van der Waals surface area contributed by atoms with Crippen molar-refractivity contribution >= 4 is 42.6 Å². The third kappa shape index (κ3) is 3.92. The van der Waals surface area contributed by atoms with Crippen LogP contribution in [0.1, 0.15) is 36.5 Å². The Kier molecular flexibility index (Phi) is 5.77. The van der Waals surface area contributed by atoms with Crippen LogP contribution < -0.4 is 10.1 Å². The van der Waals surface area contributed by atoms with Gasteiger partial charge in [0.25, 0.3) is 5.91 Å². The standard InChI is InChI=1S/C21H23N3O4S2/c1-14-6-3-4-13-24(14)30(26,27)16-11-9-15(10-12-16)20(25)23-21-22-19-17(28-2)7-5-8-18(19)29-21/h5,7-12,14H,3-4,6,13H2,1-2H3,(H,22,23,25)/t14-/m1/s1. The number of para-hydroxylation sites is 1. The van der Waals surface area contributed by atoms with E-state index in [1.807, 2.05) is 25.1 Å². The van der Waals surface area contributed by atoms with E-state index in [0.29, 0.717) is 28.5 Å². The van der Waals surface area contributed by atoms with E-state index >= 15 is 0 Å². The number of hydrogen-bond acceptors (Lipinski definition) is 6. The Morgan fingerprint density at radius 1 is 1.20 bits per heavy atom. The highest BCUT2D eigenvalue weighted by Crippen LogP contribution is 2.32. The minimum Gasteiger partial charge on any atom is -0.494 e. The van der Waals surface area contributed by atoms with Gasteiger partial charge in [-0.15, -0.1) is 0 Å². The molecule has 1 amide bonds. The molecule has 1 N–H and O–H groups in total. The molecule has 0 unspecified atom stereocenters. The number of anilines is 1. The Labute approximate surface area is 179 Å². The molecule has 3 aromatic rings. The van der Waals surface area contributed by atoms with E-state index in [0.717, 1.165) is 24.0 Å². The number of aromatic nitrogens is 1. The molecule has 1 aromatic heterocycles. The summed E-state index contributed by atoms with van der Waals surface area (Å²) in [4.78, 5) is 17.3. The van der Waals surface area contributed by atoms with Crippen LogP contribution in [0.4, 0.5) is 5.13 Å². The quantitative estimate of drug-likeness (QED) is 0.638. The van der Waals surface area contributed by atoms with Crippen LogP contribution in [0.2, 0.25) is 0 Å². The number of piperidine rings is 1. The van der Waals surface area contributed by atoms with E-state index in [4.69, 9.17) is 4.74 Å². The van der Waals surface area contributed by atoms with Crippen molar-refractivity contribution in [3.8, 4) is 5.75 Å². The van der Waals surface area contributed by atoms with E-state index in [1.165, 1.54) is 35.6 Å². The van der Waals surface area contributed by atoms with E-state index in [-0.39, 0.29) is 16.8 Å². The summed E-state index contributed by atoms with van der Waals surface area (Å²) in [5.41, 5.74) is 1.06. The lowest BCUT2D eigenvalue weighted by Crippen LogP contribution is -2.41. The number of thiazole rings is 1. The highest BCUT2D eigenvalue weighted by Gasteiger charge is 2.30. The van der Waals surface area contributed by atoms with Crippen molar-refractivity contribution in [2.24, 2.45) is 0 Å². The van der Waals surface area contributed by atoms with Crippen LogP contribution in [-0.4, -0.2) is 43.3 Å². The van der Waals surface area contributed by atoms with Crippen molar-refractivity contribution < 1.29 is 17.9 Å². The maximum absolute atomic E-state index is 12.9. The molecule has 0 bridgehead atoms. The lowest BCUT2D eigenvalue weighted by molar-refractivity contribution is 0.102. The molecule has 2 aromatic carbocycles. The van der Waals surface area contributed by atoms with E-state index in [2.05, 4.69) is 10.3 Å². The van der Waals surface area contributed by atoms with Gasteiger partial charge in [0.1, 0.15) is 11.3 Å². The summed E-state index contributed by atoms with van der Waals surface area (Å²) >= 11 is 1.35. The number of methoxy groups -OCH3 is 1. The number of nitrogens with one attached hydrogen (secondary N) is 1. The second-order valence-electron chi connectivity index (χ2n) is 7.27. The molecular formula is C21H23N3O4S2. The molecule has 2 heterocycles. The Bertz CT molecular complexity index is 1170. The average Bonchev–Trinajstić information content (AvgIpc) is 3.16. The third-order valence-electron chi connectivity index (χ3n) is 5.29. The zero-order valence-corrected chi connectivity index (χ0v) is 18.4. The van der Waals surface area contributed by atoms with Crippen LogP contribution in [0, 0.1) is 0 Å². The fourth-order valence-corrected chi connectivity index (χ4v) is 6.23. The summed E-state index contributed by atoms with van der Waals surface area (Å²) in [6, 6.07) is 11.6. The smallest absolute Gasteiger partial charge is 0.257 e. The zero-order valence-electron chi connectivity index (χ0n) is 16.8. The molecule has 0 radical (unpaired) electrons. The van der Waals surface area contributed by atoms with Gasteiger partial charge in [-0.2, -0.15) is 4.31 Å². The fraction of sp³-hybridized carbons (Fsp3) is 0.333. The lowest BCUT2D eigenvalue weighted by Gasteiger charge is -2.32. The number of ether oxygens (including phenoxy) is 1. The maximum Gasteiger partial charge on any atom is 0.257 e. The monoisotopic (exact) mass is 445 g/mol. The topological polar surface area (TPSA) is 88.6 Å². The summed E-state index contributed by atoms with van der Waals surface area (Å²) in [6.45, 7) is 2.47. The number of sulfonamides is 1. The van der Waals surface area contributed by atoms with E-state index in [9.17, 15) is 13.2 Å². The third-order valence-corrected chi connectivity index (χ3v) is 8.25. The van der Waals surface area contributed by atoms with Gasteiger partial charge >= 0.3 is 0 Å². The first-order valence-corrected chi connectivity index (χ1v) is 12.0. The Morgan fingerprint density at radius 2 is 1.97 bits per heavy atom. The molecule has 9 heteroatoms. The van der Waals surface area contributed by atoms with Gasteiger partial charge in [0, 0.05) is 18.2 Å². The van der Waals surface area contributed by atoms with Crippen molar-refractivity contribution in [3.05, 3.63) is 48.0 Å². The van der Waals surface area contributed by atoms with Crippen LogP contribution in [0.25, 0.3) is 10.2 Å². The predicted molar refractivity (Wildman–Crippen MR) is 118 cm³/mol. The van der Waals surface area contributed by atoms with Crippen molar-refractivity contribution in [1.29, 1.82) is 0 Å². The van der Waals surface area contributed by atoms with Gasteiger partial charge in [-0.1, -0.05) is 23.8 Å². The molecule has 158 valence electrons. The SMILES string of the molecule is COc1cccc2sc(NC(=O)c3ccc(S(=O)(=O)N4CCCC[C@H]4C)cc3)nc12. The molecule has 1 atom stereocenters. The summed E-state index contributed by atoms with van der Waals surface area (Å²) in [5, 5.41) is 3.24. The van der Waals surface area contributed by atoms with Gasteiger partial charge in [-0.3, -0.25) is 10.1 Å². The lowest BCUT2D eigenvalue weighted by atomic mass is 10.1. The first-order valence-electron chi connectivity index (χ1n) is 9.77. The summed E-state index contributed by atoms with van der Waals surface area (Å²) in [6.07, 6.45) is 2.79. The van der Waals surface area contributed by atoms with E-state index < -0.39 is 10.0 Å². The van der Waals surface area contributed by atoms with Crippen molar-refractivity contribution in [2.75, 3.05) is 19.0 Å². The molecule has 30 heavy (non-hydrogen) atoms. The normalized spacial score (nSPS) is 17.7. The second kappa shape index (κ2) is 8.33. The summed E-state index contributed by atoms with van der Waals surface area (Å²) in [5.74, 6) is 0.300. The summed E-state index contributed by atoms with van der Waals surface area (Å²) in [7, 11) is -1.98. The number of hydrogen-bond donors (Lipinski definition) is 1. The highest BCUT2D eigenvalue weighted by molar-refractivity contribution is 7.89. The number of amides is 1. The molecule has 1 fully saturated rings. The van der Waals surface area contributed by atoms with Crippen LogP contribution in [0.3, 0.4) is 0 Å². The number of carbonyl (C=O) groups is 1. The second-order valence-corrected chi connectivity index (χ2v) is 10.2. The fourth-order valence-electron chi connectivity index (χ4n) is 3.65. The first-order chi connectivity index (χ1) is 14.4. The van der Waals surface area contributed by atoms with E-state index in [1.54, 1.807) is 11.4 Å². The highest BCUT2D eigenvalue weighted by atomic mass is 32.2. The van der Waals surface area contributed by atoms with Crippen molar-refractivity contribution in [1.82, 2.24) is 9.29 Å². The van der Waals surface area contributed by atoms with Gasteiger partial charge in [-0.25, -0.2) is 13.4 Å². The average molecular weight is 446 g/mol. The molecular weight excluding hydrogens is 422 g/mol. The van der Waals surface area contributed by atoms with Gasteiger partial charge in [0.15, 0.2) is 5.13 Å². The molecule has 0 aliphatic carbocycles. The summed E-state index contributed by atoms with van der Waals surface area (Å²) < 4.78 is 33.6. The van der Waals surface area contributed by atoms with Crippen LogP contribution in [0.15, 0.2) is 47.4 Å². The molecule has 0 saturated carbocycles. The largest absolute Gasteiger partial charge is 0.494 e.